The standard InChI is InChI=1S/C15H27F3O4Si/c1-13(2,3)23(6,7)22-9-8-19-12(15(16,17)18)11-10(9)20-14(4,5)21-11/h9-12H,8H2,1-7H3/t9?,10-,11-,12+/m0/s1. The quantitative estimate of drug-likeness (QED) is 0.704. The molecule has 0 amide bonds. The number of rotatable bonds is 2. The molecule has 0 aromatic carbocycles. The van der Waals surface area contributed by atoms with Crippen molar-refractivity contribution in [2.24, 2.45) is 0 Å². The van der Waals surface area contributed by atoms with Gasteiger partial charge in [-0.2, -0.15) is 13.2 Å². The van der Waals surface area contributed by atoms with Gasteiger partial charge in [0.05, 0.1) is 12.7 Å². The first-order chi connectivity index (χ1) is 10.1. The minimum Gasteiger partial charge on any atom is -0.409 e. The molecule has 2 heterocycles. The molecule has 0 aromatic heterocycles. The van der Waals surface area contributed by atoms with E-state index in [1.807, 2.05) is 0 Å². The van der Waals surface area contributed by atoms with Crippen molar-refractivity contribution in [1.82, 2.24) is 0 Å². The summed E-state index contributed by atoms with van der Waals surface area (Å²) in [5.41, 5.74) is 0. The van der Waals surface area contributed by atoms with E-state index in [9.17, 15) is 13.2 Å². The van der Waals surface area contributed by atoms with Gasteiger partial charge in [-0.1, -0.05) is 20.8 Å². The summed E-state index contributed by atoms with van der Waals surface area (Å²) >= 11 is 0. The van der Waals surface area contributed by atoms with E-state index in [0.29, 0.717) is 0 Å². The lowest BCUT2D eigenvalue weighted by Gasteiger charge is -2.44. The summed E-state index contributed by atoms with van der Waals surface area (Å²) in [4.78, 5) is 0. The summed E-state index contributed by atoms with van der Waals surface area (Å²) in [5.74, 6) is -1.08. The van der Waals surface area contributed by atoms with Crippen LogP contribution in [0.3, 0.4) is 0 Å². The van der Waals surface area contributed by atoms with Crippen molar-refractivity contribution in [3.8, 4) is 0 Å². The first kappa shape index (κ1) is 19.2. The molecule has 0 saturated carbocycles. The Morgan fingerprint density at radius 3 is 2.04 bits per heavy atom. The minimum atomic E-state index is -4.49. The van der Waals surface area contributed by atoms with Crippen molar-refractivity contribution in [3.05, 3.63) is 0 Å². The van der Waals surface area contributed by atoms with E-state index in [-0.39, 0.29) is 11.6 Å². The molecule has 2 rings (SSSR count). The predicted molar refractivity (Wildman–Crippen MR) is 81.7 cm³/mol. The van der Waals surface area contributed by atoms with Crippen LogP contribution < -0.4 is 0 Å². The van der Waals surface area contributed by atoms with E-state index in [2.05, 4.69) is 33.9 Å². The summed E-state index contributed by atoms with van der Waals surface area (Å²) in [7, 11) is -2.16. The zero-order valence-corrected chi connectivity index (χ0v) is 15.8. The molecule has 23 heavy (non-hydrogen) atoms. The summed E-state index contributed by atoms with van der Waals surface area (Å²) in [5, 5.41) is -0.0572. The molecule has 4 atom stereocenters. The Bertz CT molecular complexity index is 445. The molecule has 4 nitrogen and oxygen atoms in total. The van der Waals surface area contributed by atoms with Gasteiger partial charge >= 0.3 is 6.18 Å². The third kappa shape index (κ3) is 3.92. The SMILES string of the molecule is CC1(C)O[C@@H]2[C@H](C(F)(F)F)OCC(O[Si](C)(C)C(C)(C)C)[C@@H]2O1. The first-order valence-corrected chi connectivity index (χ1v) is 10.8. The fraction of sp³-hybridized carbons (Fsp3) is 1.00. The molecule has 0 spiro atoms. The lowest BCUT2D eigenvalue weighted by molar-refractivity contribution is -0.275. The summed E-state index contributed by atoms with van der Waals surface area (Å²) in [6, 6.07) is 0. The van der Waals surface area contributed by atoms with Gasteiger partial charge < -0.3 is 18.6 Å². The Balaban J connectivity index is 2.22. The van der Waals surface area contributed by atoms with Gasteiger partial charge in [0.1, 0.15) is 12.2 Å². The molecule has 0 aromatic rings. The number of fused-ring (bicyclic) bond motifs is 1. The van der Waals surface area contributed by atoms with E-state index < -0.39 is 44.7 Å². The highest BCUT2D eigenvalue weighted by Gasteiger charge is 2.61. The average Bonchev–Trinajstić information content (AvgIpc) is 2.61. The van der Waals surface area contributed by atoms with Crippen molar-refractivity contribution < 1.29 is 31.8 Å². The van der Waals surface area contributed by atoms with Gasteiger partial charge in [0.2, 0.25) is 0 Å². The van der Waals surface area contributed by atoms with E-state index in [1.165, 1.54) is 0 Å². The Morgan fingerprint density at radius 1 is 1.04 bits per heavy atom. The fourth-order valence-corrected chi connectivity index (χ4v) is 3.98. The predicted octanol–water partition coefficient (Wildman–Crippen LogP) is 3.86. The van der Waals surface area contributed by atoms with Crippen LogP contribution in [0, 0.1) is 0 Å². The van der Waals surface area contributed by atoms with Crippen molar-refractivity contribution in [3.63, 3.8) is 0 Å². The normalized spacial score (nSPS) is 35.2. The number of ether oxygens (including phenoxy) is 3. The highest BCUT2D eigenvalue weighted by Crippen LogP contribution is 2.44. The van der Waals surface area contributed by atoms with Crippen LogP contribution >= 0.6 is 0 Å². The second kappa shape index (κ2) is 5.69. The fourth-order valence-electron chi connectivity index (χ4n) is 2.66. The van der Waals surface area contributed by atoms with Gasteiger partial charge in [-0.05, 0) is 32.0 Å². The zero-order valence-electron chi connectivity index (χ0n) is 14.8. The third-order valence-corrected chi connectivity index (χ3v) is 9.35. The molecule has 8 heteroatoms. The van der Waals surface area contributed by atoms with Crippen LogP contribution in [0.15, 0.2) is 0 Å². The monoisotopic (exact) mass is 356 g/mol. The number of alkyl halides is 3. The molecule has 1 unspecified atom stereocenters. The molecule has 0 N–H and O–H groups in total. The number of halogens is 3. The largest absolute Gasteiger partial charge is 0.417 e. The van der Waals surface area contributed by atoms with Crippen LogP contribution in [0.5, 0.6) is 0 Å². The number of hydrogen-bond acceptors (Lipinski definition) is 4. The van der Waals surface area contributed by atoms with Gasteiger partial charge in [0.15, 0.2) is 20.2 Å². The van der Waals surface area contributed by atoms with Gasteiger partial charge in [-0.15, -0.1) is 0 Å². The second-order valence-corrected chi connectivity index (χ2v) is 13.0. The maximum Gasteiger partial charge on any atom is 0.417 e. The Morgan fingerprint density at radius 2 is 1.57 bits per heavy atom. The molecule has 136 valence electrons. The molecular weight excluding hydrogens is 329 g/mol. The van der Waals surface area contributed by atoms with Gasteiger partial charge in [0.25, 0.3) is 0 Å². The van der Waals surface area contributed by atoms with E-state index in [4.69, 9.17) is 18.6 Å². The van der Waals surface area contributed by atoms with Crippen molar-refractivity contribution in [2.75, 3.05) is 6.61 Å². The summed E-state index contributed by atoms with van der Waals surface area (Å²) < 4.78 is 62.2. The topological polar surface area (TPSA) is 36.9 Å². The first-order valence-electron chi connectivity index (χ1n) is 7.86. The van der Waals surface area contributed by atoms with Crippen LogP contribution in [0.25, 0.3) is 0 Å². The van der Waals surface area contributed by atoms with E-state index in [1.54, 1.807) is 13.8 Å². The van der Waals surface area contributed by atoms with Crippen LogP contribution in [0.2, 0.25) is 18.1 Å². The number of hydrogen-bond donors (Lipinski definition) is 0. The maximum atomic E-state index is 13.2. The van der Waals surface area contributed by atoms with Gasteiger partial charge in [0, 0.05) is 0 Å². The van der Waals surface area contributed by atoms with Crippen LogP contribution in [-0.2, 0) is 18.6 Å². The van der Waals surface area contributed by atoms with E-state index in [0.717, 1.165) is 0 Å². The van der Waals surface area contributed by atoms with Crippen molar-refractivity contribution >= 4 is 8.32 Å². The zero-order chi connectivity index (χ0) is 17.8. The molecule has 2 saturated heterocycles. The molecular formula is C15H27F3O4Si. The maximum absolute atomic E-state index is 13.2. The lowest BCUT2D eigenvalue weighted by Crippen LogP contribution is -2.60. The molecule has 0 radical (unpaired) electrons. The smallest absolute Gasteiger partial charge is 0.409 e. The highest BCUT2D eigenvalue weighted by atomic mass is 28.4. The van der Waals surface area contributed by atoms with E-state index >= 15 is 0 Å². The third-order valence-electron chi connectivity index (χ3n) is 4.84. The molecule has 0 bridgehead atoms. The molecule has 2 aliphatic heterocycles. The Kier molecular flexibility index (Phi) is 4.74. The Labute approximate surface area is 136 Å². The second-order valence-electron chi connectivity index (χ2n) is 8.28. The van der Waals surface area contributed by atoms with Gasteiger partial charge in [-0.3, -0.25) is 0 Å². The Hall–Kier alpha value is -0.153. The summed E-state index contributed by atoms with van der Waals surface area (Å²) in [6.45, 7) is 13.4. The average molecular weight is 356 g/mol. The van der Waals surface area contributed by atoms with Crippen LogP contribution in [0.4, 0.5) is 13.2 Å². The van der Waals surface area contributed by atoms with Gasteiger partial charge in [-0.25, -0.2) is 0 Å². The molecule has 2 aliphatic rings. The molecule has 0 aliphatic carbocycles. The summed E-state index contributed by atoms with van der Waals surface area (Å²) in [6.07, 6.45) is -9.00. The van der Waals surface area contributed by atoms with Crippen molar-refractivity contribution in [1.29, 1.82) is 0 Å². The highest BCUT2D eigenvalue weighted by molar-refractivity contribution is 6.74. The van der Waals surface area contributed by atoms with Crippen LogP contribution in [-0.4, -0.2) is 51.3 Å². The van der Waals surface area contributed by atoms with Crippen LogP contribution in [0.1, 0.15) is 34.6 Å². The minimum absolute atomic E-state index is 0.0572. The molecule has 2 fully saturated rings. The van der Waals surface area contributed by atoms with Crippen molar-refractivity contribution in [2.45, 2.75) is 89.1 Å². The lowest BCUT2D eigenvalue weighted by atomic mass is 10.00.